The molecule has 1 aromatic heterocycles. The summed E-state index contributed by atoms with van der Waals surface area (Å²) in [5.41, 5.74) is 1.87. The summed E-state index contributed by atoms with van der Waals surface area (Å²) in [5.74, 6) is -0.0628. The quantitative estimate of drug-likeness (QED) is 0.855. The monoisotopic (exact) mass is 323 g/mol. The summed E-state index contributed by atoms with van der Waals surface area (Å²) >= 11 is 7.39. The smallest absolute Gasteiger partial charge is 0.220 e. The fourth-order valence-electron chi connectivity index (χ4n) is 2.09. The van der Waals surface area contributed by atoms with Crippen molar-refractivity contribution >= 4 is 28.8 Å². The molecule has 1 atom stereocenters. The highest BCUT2D eigenvalue weighted by molar-refractivity contribution is 7.10. The summed E-state index contributed by atoms with van der Waals surface area (Å²) in [5, 5.41) is 15.4. The van der Waals surface area contributed by atoms with Gasteiger partial charge in [0, 0.05) is 23.2 Å². The number of nitrogens with one attached hydrogen (secondary N) is 1. The maximum Gasteiger partial charge on any atom is 0.220 e. The van der Waals surface area contributed by atoms with E-state index >= 15 is 0 Å². The summed E-state index contributed by atoms with van der Waals surface area (Å²) in [4.78, 5) is 12.9. The predicted molar refractivity (Wildman–Crippen MR) is 86.8 cm³/mol. The summed E-state index contributed by atoms with van der Waals surface area (Å²) in [6.45, 7) is 2.18. The van der Waals surface area contributed by atoms with Crippen LogP contribution in [-0.2, 0) is 11.2 Å². The Morgan fingerprint density at radius 2 is 2.19 bits per heavy atom. The number of aliphatic hydroxyl groups excluding tert-OH is 1. The average molecular weight is 324 g/mol. The van der Waals surface area contributed by atoms with E-state index in [0.717, 1.165) is 16.0 Å². The molecule has 5 heteroatoms. The van der Waals surface area contributed by atoms with Gasteiger partial charge < -0.3 is 10.4 Å². The second-order valence-electron chi connectivity index (χ2n) is 4.91. The van der Waals surface area contributed by atoms with Gasteiger partial charge in [-0.05, 0) is 30.5 Å². The number of benzene rings is 1. The molecule has 1 aromatic carbocycles. The standard InChI is InChI=1S/C16H18ClNO2S/c1-11-4-2-3-5-14(11)15(19)9-18-16(20)7-6-13-8-12(17)10-21-13/h2-5,8,10,15,19H,6-7,9H2,1H3,(H,18,20). The molecule has 2 N–H and O–H groups in total. The zero-order chi connectivity index (χ0) is 15.2. The minimum atomic E-state index is -0.675. The summed E-state index contributed by atoms with van der Waals surface area (Å²) in [6.07, 6.45) is 0.396. The predicted octanol–water partition coefficient (Wildman–Crippen LogP) is 3.49. The van der Waals surface area contributed by atoms with Gasteiger partial charge in [0.25, 0.3) is 0 Å². The van der Waals surface area contributed by atoms with Gasteiger partial charge in [0.15, 0.2) is 0 Å². The van der Waals surface area contributed by atoms with Gasteiger partial charge >= 0.3 is 0 Å². The van der Waals surface area contributed by atoms with Crippen molar-refractivity contribution < 1.29 is 9.90 Å². The number of hydrogen-bond acceptors (Lipinski definition) is 3. The van der Waals surface area contributed by atoms with E-state index in [0.29, 0.717) is 17.9 Å². The van der Waals surface area contributed by atoms with Gasteiger partial charge in [-0.2, -0.15) is 0 Å². The molecule has 112 valence electrons. The van der Waals surface area contributed by atoms with Gasteiger partial charge in [-0.1, -0.05) is 35.9 Å². The topological polar surface area (TPSA) is 49.3 Å². The van der Waals surface area contributed by atoms with Crippen molar-refractivity contribution in [2.24, 2.45) is 0 Å². The number of amides is 1. The van der Waals surface area contributed by atoms with Crippen LogP contribution in [0.2, 0.25) is 5.02 Å². The molecule has 1 heterocycles. The van der Waals surface area contributed by atoms with E-state index in [1.165, 1.54) is 0 Å². The number of aliphatic hydroxyl groups is 1. The minimum Gasteiger partial charge on any atom is -0.387 e. The molecular formula is C16H18ClNO2S. The lowest BCUT2D eigenvalue weighted by atomic mass is 10.0. The molecule has 0 bridgehead atoms. The zero-order valence-electron chi connectivity index (χ0n) is 11.8. The Morgan fingerprint density at radius 3 is 2.86 bits per heavy atom. The molecule has 0 spiro atoms. The molecular weight excluding hydrogens is 306 g/mol. The van der Waals surface area contributed by atoms with E-state index in [1.807, 2.05) is 42.6 Å². The lowest BCUT2D eigenvalue weighted by molar-refractivity contribution is -0.121. The van der Waals surface area contributed by atoms with Crippen molar-refractivity contribution in [1.29, 1.82) is 0 Å². The van der Waals surface area contributed by atoms with Crippen molar-refractivity contribution in [3.63, 3.8) is 0 Å². The number of carbonyl (C=O) groups is 1. The van der Waals surface area contributed by atoms with Crippen molar-refractivity contribution in [3.05, 3.63) is 56.7 Å². The molecule has 0 aliphatic rings. The molecule has 0 aliphatic heterocycles. The Balaban J connectivity index is 1.77. The lowest BCUT2D eigenvalue weighted by Gasteiger charge is -2.14. The Kier molecular flexibility index (Phi) is 5.79. The first-order valence-corrected chi connectivity index (χ1v) is 8.05. The molecule has 2 aromatic rings. The minimum absolute atomic E-state index is 0.0628. The molecule has 0 fully saturated rings. The van der Waals surface area contributed by atoms with Crippen LogP contribution in [0.1, 0.15) is 28.5 Å². The Bertz CT molecular complexity index is 612. The Labute approximate surface area is 133 Å². The van der Waals surface area contributed by atoms with Crippen LogP contribution in [-0.4, -0.2) is 17.6 Å². The number of rotatable bonds is 6. The third kappa shape index (κ3) is 4.84. The molecule has 0 saturated heterocycles. The molecule has 2 rings (SSSR count). The second-order valence-corrected chi connectivity index (χ2v) is 6.34. The molecule has 0 saturated carbocycles. The SMILES string of the molecule is Cc1ccccc1C(O)CNC(=O)CCc1cc(Cl)cs1. The van der Waals surface area contributed by atoms with Crippen LogP contribution < -0.4 is 5.32 Å². The van der Waals surface area contributed by atoms with Gasteiger partial charge in [-0.3, -0.25) is 4.79 Å². The van der Waals surface area contributed by atoms with Crippen molar-refractivity contribution in [3.8, 4) is 0 Å². The van der Waals surface area contributed by atoms with Crippen molar-refractivity contribution in [1.82, 2.24) is 5.32 Å². The van der Waals surface area contributed by atoms with Crippen LogP contribution in [0.3, 0.4) is 0 Å². The maximum atomic E-state index is 11.8. The highest BCUT2D eigenvalue weighted by Crippen LogP contribution is 2.20. The Morgan fingerprint density at radius 1 is 1.43 bits per heavy atom. The average Bonchev–Trinajstić information content (AvgIpc) is 2.89. The highest BCUT2D eigenvalue weighted by atomic mass is 35.5. The van der Waals surface area contributed by atoms with Crippen LogP contribution in [0.15, 0.2) is 35.7 Å². The third-order valence-electron chi connectivity index (χ3n) is 3.26. The molecule has 1 amide bonds. The van der Waals surface area contributed by atoms with Gasteiger partial charge in [-0.25, -0.2) is 0 Å². The molecule has 0 aliphatic carbocycles. The number of hydrogen-bond donors (Lipinski definition) is 2. The van der Waals surface area contributed by atoms with E-state index in [2.05, 4.69) is 5.32 Å². The van der Waals surface area contributed by atoms with E-state index in [4.69, 9.17) is 11.6 Å². The van der Waals surface area contributed by atoms with Crippen LogP contribution in [0.5, 0.6) is 0 Å². The first-order valence-electron chi connectivity index (χ1n) is 6.79. The molecule has 1 unspecified atom stereocenters. The lowest BCUT2D eigenvalue weighted by Crippen LogP contribution is -2.28. The van der Waals surface area contributed by atoms with Crippen molar-refractivity contribution in [2.75, 3.05) is 6.54 Å². The first-order chi connectivity index (χ1) is 10.1. The third-order valence-corrected chi connectivity index (χ3v) is 4.60. The van der Waals surface area contributed by atoms with E-state index in [-0.39, 0.29) is 12.5 Å². The van der Waals surface area contributed by atoms with Crippen LogP contribution in [0, 0.1) is 6.92 Å². The van der Waals surface area contributed by atoms with Crippen molar-refractivity contribution in [2.45, 2.75) is 25.9 Å². The first kappa shape index (κ1) is 16.0. The zero-order valence-corrected chi connectivity index (χ0v) is 13.4. The van der Waals surface area contributed by atoms with E-state index in [1.54, 1.807) is 11.3 Å². The van der Waals surface area contributed by atoms with Crippen LogP contribution >= 0.6 is 22.9 Å². The van der Waals surface area contributed by atoms with Crippen LogP contribution in [0.4, 0.5) is 0 Å². The van der Waals surface area contributed by atoms with Gasteiger partial charge in [-0.15, -0.1) is 11.3 Å². The fourth-order valence-corrected chi connectivity index (χ4v) is 3.17. The van der Waals surface area contributed by atoms with E-state index < -0.39 is 6.10 Å². The molecule has 0 radical (unpaired) electrons. The Hall–Kier alpha value is -1.36. The summed E-state index contributed by atoms with van der Waals surface area (Å²) in [6, 6.07) is 9.51. The number of aryl methyl sites for hydroxylation is 2. The van der Waals surface area contributed by atoms with Crippen LogP contribution in [0.25, 0.3) is 0 Å². The van der Waals surface area contributed by atoms with Gasteiger partial charge in [0.1, 0.15) is 0 Å². The molecule has 21 heavy (non-hydrogen) atoms. The second kappa shape index (κ2) is 7.59. The fraction of sp³-hybridized carbons (Fsp3) is 0.312. The number of thiophene rings is 1. The largest absolute Gasteiger partial charge is 0.387 e. The number of carbonyl (C=O) groups excluding carboxylic acids is 1. The highest BCUT2D eigenvalue weighted by Gasteiger charge is 2.11. The van der Waals surface area contributed by atoms with Gasteiger partial charge in [0.2, 0.25) is 5.91 Å². The number of halogens is 1. The maximum absolute atomic E-state index is 11.8. The summed E-state index contributed by atoms with van der Waals surface area (Å²) in [7, 11) is 0. The normalized spacial score (nSPS) is 12.1. The van der Waals surface area contributed by atoms with Gasteiger partial charge in [0.05, 0.1) is 11.1 Å². The van der Waals surface area contributed by atoms with E-state index in [9.17, 15) is 9.90 Å². The summed E-state index contributed by atoms with van der Waals surface area (Å²) < 4.78 is 0. The molecule has 3 nitrogen and oxygen atoms in total.